The molecule has 2 N–H and O–H groups in total. The van der Waals surface area contributed by atoms with Crippen LogP contribution in [-0.4, -0.2) is 27.9 Å². The summed E-state index contributed by atoms with van der Waals surface area (Å²) in [7, 11) is 1.56. The summed E-state index contributed by atoms with van der Waals surface area (Å²) in [6, 6.07) is 1.49. The molecule has 0 saturated heterocycles. The SMILES string of the molecule is CC(C)CNC(=O)/C=C/C(=O)Nc1ccn(C)c(=O)n1. The van der Waals surface area contributed by atoms with Crippen molar-refractivity contribution in [2.75, 3.05) is 11.9 Å². The predicted octanol–water partition coefficient (Wildman–Crippen LogP) is 0.0472. The third-order valence-corrected chi connectivity index (χ3v) is 2.30. The molecule has 0 aliphatic carbocycles. The van der Waals surface area contributed by atoms with Crippen LogP contribution in [0.4, 0.5) is 5.82 Å². The third kappa shape index (κ3) is 5.47. The van der Waals surface area contributed by atoms with Gasteiger partial charge in [0.25, 0.3) is 0 Å². The first kappa shape index (κ1) is 15.6. The minimum atomic E-state index is -0.523. The summed E-state index contributed by atoms with van der Waals surface area (Å²) in [6.07, 6.45) is 3.72. The quantitative estimate of drug-likeness (QED) is 0.744. The Morgan fingerprint density at radius 2 is 2.00 bits per heavy atom. The normalized spacial score (nSPS) is 10.8. The van der Waals surface area contributed by atoms with E-state index in [0.29, 0.717) is 12.5 Å². The molecule has 7 nitrogen and oxygen atoms in total. The highest BCUT2D eigenvalue weighted by molar-refractivity contribution is 6.02. The van der Waals surface area contributed by atoms with Gasteiger partial charge in [0.15, 0.2) is 0 Å². The number of amides is 2. The number of aromatic nitrogens is 2. The number of carbonyl (C=O) groups is 2. The Morgan fingerprint density at radius 1 is 1.35 bits per heavy atom. The number of carbonyl (C=O) groups excluding carboxylic acids is 2. The van der Waals surface area contributed by atoms with Crippen LogP contribution >= 0.6 is 0 Å². The van der Waals surface area contributed by atoms with Crippen LogP contribution in [0.5, 0.6) is 0 Å². The van der Waals surface area contributed by atoms with E-state index in [-0.39, 0.29) is 11.7 Å². The van der Waals surface area contributed by atoms with Crippen molar-refractivity contribution in [3.8, 4) is 0 Å². The Morgan fingerprint density at radius 3 is 2.60 bits per heavy atom. The molecule has 0 unspecified atom stereocenters. The second kappa shape index (κ2) is 7.22. The van der Waals surface area contributed by atoms with Crippen LogP contribution in [0.3, 0.4) is 0 Å². The van der Waals surface area contributed by atoms with Crippen molar-refractivity contribution >= 4 is 17.6 Å². The number of hydrogen-bond donors (Lipinski definition) is 2. The maximum atomic E-state index is 11.5. The number of rotatable bonds is 5. The second-order valence-electron chi connectivity index (χ2n) is 4.67. The number of nitrogens with zero attached hydrogens (tertiary/aromatic N) is 2. The summed E-state index contributed by atoms with van der Waals surface area (Å²) >= 11 is 0. The minimum absolute atomic E-state index is 0.144. The van der Waals surface area contributed by atoms with Crippen molar-refractivity contribution < 1.29 is 9.59 Å². The van der Waals surface area contributed by atoms with E-state index in [1.54, 1.807) is 7.05 Å². The van der Waals surface area contributed by atoms with Gasteiger partial charge in [0.2, 0.25) is 11.8 Å². The third-order valence-electron chi connectivity index (χ3n) is 2.30. The van der Waals surface area contributed by atoms with Gasteiger partial charge in [-0.1, -0.05) is 13.8 Å². The molecule has 1 heterocycles. The lowest BCUT2D eigenvalue weighted by Crippen LogP contribution is -2.26. The van der Waals surface area contributed by atoms with E-state index >= 15 is 0 Å². The molecular weight excluding hydrogens is 260 g/mol. The second-order valence-corrected chi connectivity index (χ2v) is 4.67. The highest BCUT2D eigenvalue weighted by atomic mass is 16.2. The van der Waals surface area contributed by atoms with Crippen LogP contribution in [-0.2, 0) is 16.6 Å². The van der Waals surface area contributed by atoms with Crippen LogP contribution in [0.15, 0.2) is 29.2 Å². The van der Waals surface area contributed by atoms with Gasteiger partial charge in [0.05, 0.1) is 0 Å². The number of hydrogen-bond acceptors (Lipinski definition) is 4. The smallest absolute Gasteiger partial charge is 0.349 e. The Hall–Kier alpha value is -2.44. The molecule has 0 spiro atoms. The first-order valence-electron chi connectivity index (χ1n) is 6.19. The molecule has 0 atom stereocenters. The summed E-state index contributed by atoms with van der Waals surface area (Å²) in [6.45, 7) is 4.48. The largest absolute Gasteiger partial charge is 0.352 e. The Kier molecular flexibility index (Phi) is 5.64. The molecule has 1 aromatic heterocycles. The molecule has 1 rings (SSSR count). The molecule has 1 aromatic rings. The minimum Gasteiger partial charge on any atom is -0.352 e. The van der Waals surface area contributed by atoms with Gasteiger partial charge in [0, 0.05) is 31.9 Å². The first-order chi connectivity index (χ1) is 9.38. The van der Waals surface area contributed by atoms with Gasteiger partial charge in [-0.3, -0.25) is 9.59 Å². The molecule has 0 aromatic carbocycles. The molecule has 0 aliphatic heterocycles. The van der Waals surface area contributed by atoms with Crippen LogP contribution in [0.25, 0.3) is 0 Å². The summed E-state index contributed by atoms with van der Waals surface area (Å²) in [5.74, 6) is -0.382. The van der Waals surface area contributed by atoms with E-state index in [2.05, 4.69) is 15.6 Å². The number of nitrogens with one attached hydrogen (secondary N) is 2. The summed E-state index contributed by atoms with van der Waals surface area (Å²) in [4.78, 5) is 37.8. The van der Waals surface area contributed by atoms with Crippen LogP contribution in [0.1, 0.15) is 13.8 Å². The lowest BCUT2D eigenvalue weighted by atomic mass is 10.2. The van der Waals surface area contributed by atoms with Gasteiger partial charge >= 0.3 is 5.69 Å². The summed E-state index contributed by atoms with van der Waals surface area (Å²) in [5.41, 5.74) is -0.471. The van der Waals surface area contributed by atoms with E-state index in [9.17, 15) is 14.4 Å². The van der Waals surface area contributed by atoms with Crippen molar-refractivity contribution in [3.63, 3.8) is 0 Å². The maximum Gasteiger partial charge on any atom is 0.349 e. The molecule has 0 radical (unpaired) electrons. The predicted molar refractivity (Wildman–Crippen MR) is 75.1 cm³/mol. The highest BCUT2D eigenvalue weighted by Crippen LogP contribution is 1.97. The van der Waals surface area contributed by atoms with Gasteiger partial charge in [-0.2, -0.15) is 4.98 Å². The Labute approximate surface area is 116 Å². The molecule has 7 heteroatoms. The van der Waals surface area contributed by atoms with Gasteiger partial charge < -0.3 is 15.2 Å². The van der Waals surface area contributed by atoms with Gasteiger partial charge in [-0.15, -0.1) is 0 Å². The highest BCUT2D eigenvalue weighted by Gasteiger charge is 2.02. The summed E-state index contributed by atoms with van der Waals surface area (Å²) < 4.78 is 1.28. The van der Waals surface area contributed by atoms with Crippen molar-refractivity contribution in [2.24, 2.45) is 13.0 Å². The van der Waals surface area contributed by atoms with Crippen LogP contribution in [0, 0.1) is 5.92 Å². The van der Waals surface area contributed by atoms with Crippen molar-refractivity contribution in [1.29, 1.82) is 0 Å². The topological polar surface area (TPSA) is 93.1 Å². The van der Waals surface area contributed by atoms with Crippen LogP contribution in [0.2, 0.25) is 0 Å². The molecule has 108 valence electrons. The summed E-state index contributed by atoms with van der Waals surface area (Å²) in [5, 5.41) is 5.04. The molecule has 0 saturated carbocycles. The number of anilines is 1. The lowest BCUT2D eigenvalue weighted by molar-refractivity contribution is -0.117. The van der Waals surface area contributed by atoms with Gasteiger partial charge in [-0.05, 0) is 12.0 Å². The zero-order valence-corrected chi connectivity index (χ0v) is 11.7. The fraction of sp³-hybridized carbons (Fsp3) is 0.385. The van der Waals surface area contributed by atoms with Crippen molar-refractivity contribution in [1.82, 2.24) is 14.9 Å². The fourth-order valence-electron chi connectivity index (χ4n) is 1.22. The lowest BCUT2D eigenvalue weighted by Gasteiger charge is -2.04. The van der Waals surface area contributed by atoms with E-state index in [1.807, 2.05) is 13.8 Å². The zero-order chi connectivity index (χ0) is 15.1. The average molecular weight is 278 g/mol. The molecule has 0 bridgehead atoms. The Balaban J connectivity index is 2.52. The zero-order valence-electron chi connectivity index (χ0n) is 11.7. The van der Waals surface area contributed by atoms with Crippen LogP contribution < -0.4 is 16.3 Å². The Bertz CT molecular complexity index is 575. The average Bonchev–Trinajstić information content (AvgIpc) is 2.38. The molecule has 0 aliphatic rings. The van der Waals surface area contributed by atoms with E-state index in [4.69, 9.17) is 0 Å². The standard InChI is InChI=1S/C13H18N4O3/c1-9(2)8-14-11(18)4-5-12(19)15-10-6-7-17(3)13(20)16-10/h4-7,9H,8H2,1-3H3,(H,14,18)(H,15,16,19,20)/b5-4+. The molecule has 20 heavy (non-hydrogen) atoms. The first-order valence-corrected chi connectivity index (χ1v) is 6.19. The maximum absolute atomic E-state index is 11.5. The van der Waals surface area contributed by atoms with E-state index in [0.717, 1.165) is 12.2 Å². The van der Waals surface area contributed by atoms with E-state index < -0.39 is 11.6 Å². The fourth-order valence-corrected chi connectivity index (χ4v) is 1.22. The van der Waals surface area contributed by atoms with Crippen molar-refractivity contribution in [3.05, 3.63) is 34.9 Å². The monoisotopic (exact) mass is 278 g/mol. The van der Waals surface area contributed by atoms with Gasteiger partial charge in [-0.25, -0.2) is 4.79 Å². The van der Waals surface area contributed by atoms with Crippen molar-refractivity contribution in [2.45, 2.75) is 13.8 Å². The van der Waals surface area contributed by atoms with Gasteiger partial charge in [0.1, 0.15) is 5.82 Å². The molecule has 0 fully saturated rings. The molecule has 2 amide bonds. The van der Waals surface area contributed by atoms with E-state index in [1.165, 1.54) is 16.8 Å². The number of aryl methyl sites for hydroxylation is 1. The molecular formula is C13H18N4O3.